The first-order valence-electron chi connectivity index (χ1n) is 4.47. The molecule has 0 N–H and O–H groups in total. The van der Waals surface area contributed by atoms with Crippen molar-refractivity contribution in [3.8, 4) is 0 Å². The van der Waals surface area contributed by atoms with Crippen molar-refractivity contribution >= 4 is 11.0 Å². The highest BCUT2D eigenvalue weighted by molar-refractivity contribution is 5.75. The van der Waals surface area contributed by atoms with E-state index >= 15 is 0 Å². The van der Waals surface area contributed by atoms with Gasteiger partial charge in [-0.1, -0.05) is 12.1 Å². The first kappa shape index (κ1) is 7.09. The first-order chi connectivity index (χ1) is 6.45. The molecule has 1 aromatic carbocycles. The maximum Gasteiger partial charge on any atom is 0.136 e. The van der Waals surface area contributed by atoms with Gasteiger partial charge in [0.2, 0.25) is 0 Å². The lowest BCUT2D eigenvalue weighted by atomic mass is 10.3. The van der Waals surface area contributed by atoms with Crippen LogP contribution < -0.4 is 0 Å². The van der Waals surface area contributed by atoms with Crippen LogP contribution in [0.25, 0.3) is 11.0 Å². The maximum absolute atomic E-state index is 5.34. The SMILES string of the molecule is c1ccc2c(c1)nc1n2CCOC1. The van der Waals surface area contributed by atoms with Crippen LogP contribution in [0.2, 0.25) is 0 Å². The van der Waals surface area contributed by atoms with Crippen LogP contribution >= 0.6 is 0 Å². The molecule has 0 aliphatic carbocycles. The minimum atomic E-state index is 0.648. The average Bonchev–Trinajstić information content (AvgIpc) is 2.56. The van der Waals surface area contributed by atoms with Crippen LogP contribution in [-0.4, -0.2) is 16.2 Å². The Hall–Kier alpha value is -1.35. The van der Waals surface area contributed by atoms with Gasteiger partial charge in [-0.05, 0) is 12.1 Å². The maximum atomic E-state index is 5.34. The number of nitrogens with zero attached hydrogens (tertiary/aromatic N) is 2. The molecule has 1 aliphatic rings. The van der Waals surface area contributed by atoms with Gasteiger partial charge in [-0.2, -0.15) is 0 Å². The molecule has 0 atom stereocenters. The van der Waals surface area contributed by atoms with E-state index in [4.69, 9.17) is 4.74 Å². The third-order valence-corrected chi connectivity index (χ3v) is 2.42. The third-order valence-electron chi connectivity index (χ3n) is 2.42. The van der Waals surface area contributed by atoms with Gasteiger partial charge in [0.05, 0.1) is 17.6 Å². The zero-order valence-electron chi connectivity index (χ0n) is 7.23. The van der Waals surface area contributed by atoms with E-state index in [0.717, 1.165) is 24.5 Å². The third kappa shape index (κ3) is 0.971. The molecule has 1 aliphatic heterocycles. The monoisotopic (exact) mass is 174 g/mol. The smallest absolute Gasteiger partial charge is 0.136 e. The number of benzene rings is 1. The molecule has 3 rings (SSSR count). The fraction of sp³-hybridized carbons (Fsp3) is 0.300. The minimum Gasteiger partial charge on any atom is -0.372 e. The second-order valence-electron chi connectivity index (χ2n) is 3.22. The van der Waals surface area contributed by atoms with Crippen molar-refractivity contribution in [1.29, 1.82) is 0 Å². The van der Waals surface area contributed by atoms with Crippen LogP contribution in [0.1, 0.15) is 5.82 Å². The number of fused-ring (bicyclic) bond motifs is 3. The predicted octanol–water partition coefficient (Wildman–Crippen LogP) is 1.57. The average molecular weight is 174 g/mol. The number of hydrogen-bond donors (Lipinski definition) is 0. The molecule has 2 aromatic rings. The van der Waals surface area contributed by atoms with Gasteiger partial charge in [-0.3, -0.25) is 0 Å². The lowest BCUT2D eigenvalue weighted by Gasteiger charge is -2.14. The summed E-state index contributed by atoms with van der Waals surface area (Å²) in [4.78, 5) is 4.49. The Morgan fingerprint density at radius 1 is 1.31 bits per heavy atom. The lowest BCUT2D eigenvalue weighted by molar-refractivity contribution is 0.0830. The van der Waals surface area contributed by atoms with E-state index in [1.54, 1.807) is 0 Å². The Balaban J connectivity index is 2.34. The van der Waals surface area contributed by atoms with Crippen LogP contribution in [0.5, 0.6) is 0 Å². The van der Waals surface area contributed by atoms with Crippen molar-refractivity contribution in [2.24, 2.45) is 0 Å². The van der Waals surface area contributed by atoms with Crippen LogP contribution in [0.4, 0.5) is 0 Å². The topological polar surface area (TPSA) is 27.1 Å². The van der Waals surface area contributed by atoms with E-state index in [9.17, 15) is 0 Å². The van der Waals surface area contributed by atoms with E-state index in [1.807, 2.05) is 18.2 Å². The Morgan fingerprint density at radius 3 is 3.23 bits per heavy atom. The van der Waals surface area contributed by atoms with Gasteiger partial charge in [0.25, 0.3) is 0 Å². The molecule has 3 nitrogen and oxygen atoms in total. The Kier molecular flexibility index (Phi) is 1.40. The van der Waals surface area contributed by atoms with Gasteiger partial charge in [0.1, 0.15) is 12.4 Å². The molecule has 0 fully saturated rings. The summed E-state index contributed by atoms with van der Waals surface area (Å²) in [5.74, 6) is 1.05. The standard InChI is InChI=1S/C10H10N2O/c1-2-4-9-8(3-1)11-10-7-13-6-5-12(9)10/h1-4H,5-7H2. The van der Waals surface area contributed by atoms with E-state index in [1.165, 1.54) is 5.52 Å². The van der Waals surface area contributed by atoms with Gasteiger partial charge in [-0.15, -0.1) is 0 Å². The van der Waals surface area contributed by atoms with Crippen molar-refractivity contribution in [3.05, 3.63) is 30.1 Å². The first-order valence-corrected chi connectivity index (χ1v) is 4.47. The van der Waals surface area contributed by atoms with Crippen LogP contribution in [0.15, 0.2) is 24.3 Å². The highest BCUT2D eigenvalue weighted by Crippen LogP contribution is 2.18. The lowest BCUT2D eigenvalue weighted by Crippen LogP contribution is -2.16. The molecule has 0 amide bonds. The molecule has 0 spiro atoms. The number of imidazole rings is 1. The molecule has 0 radical (unpaired) electrons. The van der Waals surface area contributed by atoms with E-state index in [-0.39, 0.29) is 0 Å². The molecule has 0 saturated heterocycles. The molecule has 0 saturated carbocycles. The number of ether oxygens (including phenoxy) is 1. The van der Waals surface area contributed by atoms with Crippen LogP contribution in [0, 0.1) is 0 Å². The van der Waals surface area contributed by atoms with Crippen molar-refractivity contribution in [2.75, 3.05) is 6.61 Å². The molecule has 2 heterocycles. The molecule has 13 heavy (non-hydrogen) atoms. The molecule has 1 aromatic heterocycles. The minimum absolute atomic E-state index is 0.648. The summed E-state index contributed by atoms with van der Waals surface area (Å²) >= 11 is 0. The van der Waals surface area contributed by atoms with Gasteiger partial charge < -0.3 is 9.30 Å². The van der Waals surface area contributed by atoms with Gasteiger partial charge in [-0.25, -0.2) is 4.98 Å². The van der Waals surface area contributed by atoms with Crippen LogP contribution in [-0.2, 0) is 17.9 Å². The highest BCUT2D eigenvalue weighted by Gasteiger charge is 2.13. The summed E-state index contributed by atoms with van der Waals surface area (Å²) in [5, 5.41) is 0. The summed E-state index contributed by atoms with van der Waals surface area (Å²) in [6.07, 6.45) is 0. The zero-order chi connectivity index (χ0) is 8.67. The van der Waals surface area contributed by atoms with Gasteiger partial charge in [0, 0.05) is 6.54 Å². The second-order valence-corrected chi connectivity index (χ2v) is 3.22. The number of para-hydroxylation sites is 2. The Bertz CT molecular complexity index is 447. The van der Waals surface area contributed by atoms with Crippen molar-refractivity contribution < 1.29 is 4.74 Å². The van der Waals surface area contributed by atoms with Crippen molar-refractivity contribution in [1.82, 2.24) is 9.55 Å². The summed E-state index contributed by atoms with van der Waals surface area (Å²) in [6.45, 7) is 2.37. The fourth-order valence-corrected chi connectivity index (χ4v) is 1.80. The van der Waals surface area contributed by atoms with E-state index < -0.39 is 0 Å². The fourth-order valence-electron chi connectivity index (χ4n) is 1.80. The number of aromatic nitrogens is 2. The highest BCUT2D eigenvalue weighted by atomic mass is 16.5. The molecule has 0 unspecified atom stereocenters. The number of rotatable bonds is 0. The number of hydrogen-bond acceptors (Lipinski definition) is 2. The summed E-state index contributed by atoms with van der Waals surface area (Å²) in [6, 6.07) is 8.22. The summed E-state index contributed by atoms with van der Waals surface area (Å²) < 4.78 is 7.58. The van der Waals surface area contributed by atoms with E-state index in [2.05, 4.69) is 15.6 Å². The van der Waals surface area contributed by atoms with Gasteiger partial charge in [0.15, 0.2) is 0 Å². The second kappa shape index (κ2) is 2.57. The van der Waals surface area contributed by atoms with Crippen molar-refractivity contribution in [3.63, 3.8) is 0 Å². The molecule has 0 bridgehead atoms. The van der Waals surface area contributed by atoms with Gasteiger partial charge >= 0.3 is 0 Å². The summed E-state index contributed by atoms with van der Waals surface area (Å²) in [7, 11) is 0. The molecule has 3 heteroatoms. The zero-order valence-corrected chi connectivity index (χ0v) is 7.23. The Labute approximate surface area is 76.0 Å². The summed E-state index contributed by atoms with van der Waals surface area (Å²) in [5.41, 5.74) is 2.30. The largest absolute Gasteiger partial charge is 0.372 e. The quantitative estimate of drug-likeness (QED) is 0.606. The molecular weight excluding hydrogens is 164 g/mol. The predicted molar refractivity (Wildman–Crippen MR) is 49.4 cm³/mol. The Morgan fingerprint density at radius 2 is 2.23 bits per heavy atom. The van der Waals surface area contributed by atoms with Crippen molar-refractivity contribution in [2.45, 2.75) is 13.2 Å². The molecule has 66 valence electrons. The normalized spacial score (nSPS) is 16.0. The van der Waals surface area contributed by atoms with Crippen LogP contribution in [0.3, 0.4) is 0 Å². The molecular formula is C10H10N2O. The van der Waals surface area contributed by atoms with E-state index in [0.29, 0.717) is 6.61 Å².